The number of esters is 1. The van der Waals surface area contributed by atoms with E-state index in [0.29, 0.717) is 17.9 Å². The van der Waals surface area contributed by atoms with Gasteiger partial charge in [0.2, 0.25) is 17.7 Å². The quantitative estimate of drug-likeness (QED) is 0.291. The normalized spacial score (nSPS) is 25.9. The van der Waals surface area contributed by atoms with E-state index in [2.05, 4.69) is 0 Å². The number of carbonyl (C=O) groups is 4. The number of anilines is 2. The number of nitrogens with zero attached hydrogens (tertiary/aromatic N) is 2. The van der Waals surface area contributed by atoms with Crippen molar-refractivity contribution < 1.29 is 23.9 Å². The van der Waals surface area contributed by atoms with Gasteiger partial charge in [-0.3, -0.25) is 24.1 Å². The van der Waals surface area contributed by atoms with Crippen LogP contribution in [-0.2, 0) is 19.2 Å². The smallest absolute Gasteiger partial charge is 0.316 e. The zero-order valence-corrected chi connectivity index (χ0v) is 20.1. The molecule has 0 unspecified atom stereocenters. The number of amides is 3. The Bertz CT molecular complexity index is 1230. The van der Waals surface area contributed by atoms with Crippen LogP contribution in [0.15, 0.2) is 54.6 Å². The van der Waals surface area contributed by atoms with Crippen molar-refractivity contribution in [2.45, 2.75) is 33.6 Å². The number of ether oxygens (including phenoxy) is 1. The Hall–Kier alpha value is -3.74. The number of imide groups is 1. The number of fused-ring (bicyclic) bond motifs is 1. The summed E-state index contributed by atoms with van der Waals surface area (Å²) < 4.78 is 5.55. The van der Waals surface area contributed by atoms with E-state index < -0.39 is 11.9 Å². The minimum atomic E-state index is -0.568. The Balaban J connectivity index is 1.25. The second kappa shape index (κ2) is 8.80. The molecule has 7 nitrogen and oxygen atoms in total. The minimum absolute atomic E-state index is 0.0211. The molecule has 180 valence electrons. The third kappa shape index (κ3) is 4.16. The van der Waals surface area contributed by atoms with E-state index in [1.807, 2.05) is 51.1 Å². The first-order valence-corrected chi connectivity index (χ1v) is 12.0. The maximum Gasteiger partial charge on any atom is 0.316 e. The van der Waals surface area contributed by atoms with Gasteiger partial charge in [0.1, 0.15) is 5.75 Å². The second-order valence-electron chi connectivity index (χ2n) is 9.83. The average molecular weight is 473 g/mol. The molecule has 2 heterocycles. The van der Waals surface area contributed by atoms with Crippen molar-refractivity contribution in [1.82, 2.24) is 0 Å². The SMILES string of the molecule is Cc1cc(C)cc(N2C[C@@H](C(=O)Oc3ccc(N4C(=O)[C@@H]5[C@H](CC=C[C@@H]5C)C4=O)cc3)CC2=O)c1. The predicted molar refractivity (Wildman–Crippen MR) is 131 cm³/mol. The third-order valence-corrected chi connectivity index (χ3v) is 7.16. The van der Waals surface area contributed by atoms with Crippen molar-refractivity contribution in [2.24, 2.45) is 23.7 Å². The maximum atomic E-state index is 13.0. The molecule has 0 radical (unpaired) electrons. The molecule has 2 fully saturated rings. The van der Waals surface area contributed by atoms with Gasteiger partial charge < -0.3 is 9.64 Å². The second-order valence-corrected chi connectivity index (χ2v) is 9.83. The highest BCUT2D eigenvalue weighted by Crippen LogP contribution is 2.40. The summed E-state index contributed by atoms with van der Waals surface area (Å²) in [7, 11) is 0. The fourth-order valence-electron chi connectivity index (χ4n) is 5.49. The van der Waals surface area contributed by atoms with Gasteiger partial charge in [0, 0.05) is 18.7 Å². The largest absolute Gasteiger partial charge is 0.426 e. The Morgan fingerprint density at radius 2 is 1.63 bits per heavy atom. The van der Waals surface area contributed by atoms with Crippen LogP contribution >= 0.6 is 0 Å². The van der Waals surface area contributed by atoms with E-state index in [1.54, 1.807) is 29.2 Å². The minimum Gasteiger partial charge on any atom is -0.426 e. The topological polar surface area (TPSA) is 84.0 Å². The molecule has 3 amide bonds. The summed E-state index contributed by atoms with van der Waals surface area (Å²) in [6.07, 6.45) is 4.63. The summed E-state index contributed by atoms with van der Waals surface area (Å²) in [6, 6.07) is 12.3. The lowest BCUT2D eigenvalue weighted by molar-refractivity contribution is -0.139. The number of hydrogen-bond donors (Lipinski definition) is 0. The van der Waals surface area contributed by atoms with Gasteiger partial charge in [0.15, 0.2) is 0 Å². The molecule has 2 saturated heterocycles. The number of carbonyl (C=O) groups excluding carboxylic acids is 4. The monoisotopic (exact) mass is 472 g/mol. The van der Waals surface area contributed by atoms with E-state index in [9.17, 15) is 19.2 Å². The standard InChI is InChI=1S/C28H28N2O5/c1-16-11-17(2)13-21(12-16)29-15-19(14-24(29)31)28(34)35-22-9-7-20(8-10-22)30-26(32)23-6-4-5-18(3)25(23)27(30)33/h4-5,7-13,18-19,23,25H,6,14-15H2,1-3H3/t18-,19-,23-,25-/m0/s1. The van der Waals surface area contributed by atoms with Crippen LogP contribution < -0.4 is 14.5 Å². The van der Waals surface area contributed by atoms with Crippen LogP contribution in [0.5, 0.6) is 5.75 Å². The number of aryl methyl sites for hydroxylation is 2. The van der Waals surface area contributed by atoms with Gasteiger partial charge in [-0.1, -0.05) is 25.1 Å². The van der Waals surface area contributed by atoms with Crippen LogP contribution in [0.1, 0.15) is 30.9 Å². The van der Waals surface area contributed by atoms with Crippen LogP contribution in [0.25, 0.3) is 0 Å². The zero-order valence-electron chi connectivity index (χ0n) is 20.1. The number of rotatable bonds is 4. The molecular weight excluding hydrogens is 444 g/mol. The summed E-state index contributed by atoms with van der Waals surface area (Å²) in [5, 5.41) is 0. The molecule has 0 N–H and O–H groups in total. The van der Waals surface area contributed by atoms with E-state index in [0.717, 1.165) is 16.8 Å². The lowest BCUT2D eigenvalue weighted by atomic mass is 9.78. The van der Waals surface area contributed by atoms with Gasteiger partial charge in [0.05, 0.1) is 23.4 Å². The first-order valence-electron chi connectivity index (χ1n) is 12.0. The lowest BCUT2D eigenvalue weighted by Crippen LogP contribution is -2.31. The molecule has 0 aromatic heterocycles. The van der Waals surface area contributed by atoms with Gasteiger partial charge >= 0.3 is 5.97 Å². The number of allylic oxidation sites excluding steroid dienone is 2. The average Bonchev–Trinajstić information content (AvgIpc) is 3.32. The number of hydrogen-bond acceptors (Lipinski definition) is 5. The molecule has 3 aliphatic rings. The molecule has 2 aliphatic heterocycles. The van der Waals surface area contributed by atoms with E-state index in [4.69, 9.17) is 4.74 Å². The van der Waals surface area contributed by atoms with Gasteiger partial charge in [-0.25, -0.2) is 0 Å². The Morgan fingerprint density at radius 3 is 2.29 bits per heavy atom. The zero-order chi connectivity index (χ0) is 24.9. The Labute approximate surface area is 204 Å². The highest BCUT2D eigenvalue weighted by Gasteiger charge is 2.50. The third-order valence-electron chi connectivity index (χ3n) is 7.16. The summed E-state index contributed by atoms with van der Waals surface area (Å²) in [4.78, 5) is 54.1. The van der Waals surface area contributed by atoms with E-state index in [-0.39, 0.29) is 48.4 Å². The molecule has 0 saturated carbocycles. The first-order chi connectivity index (χ1) is 16.7. The summed E-state index contributed by atoms with van der Waals surface area (Å²) >= 11 is 0. The van der Waals surface area contributed by atoms with Crippen molar-refractivity contribution in [1.29, 1.82) is 0 Å². The summed E-state index contributed by atoms with van der Waals surface area (Å²) in [5.74, 6) is -1.84. The van der Waals surface area contributed by atoms with Crippen LogP contribution in [-0.4, -0.2) is 30.2 Å². The van der Waals surface area contributed by atoms with Crippen LogP contribution in [0.4, 0.5) is 11.4 Å². The number of benzene rings is 2. The molecule has 4 atom stereocenters. The van der Waals surface area contributed by atoms with Crippen molar-refractivity contribution in [2.75, 3.05) is 16.3 Å². The fraction of sp³-hybridized carbons (Fsp3) is 0.357. The van der Waals surface area contributed by atoms with Gasteiger partial charge in [-0.2, -0.15) is 0 Å². The predicted octanol–water partition coefficient (Wildman–Crippen LogP) is 3.96. The highest BCUT2D eigenvalue weighted by atomic mass is 16.5. The maximum absolute atomic E-state index is 13.0. The summed E-state index contributed by atoms with van der Waals surface area (Å²) in [6.45, 7) is 6.17. The van der Waals surface area contributed by atoms with Gasteiger partial charge in [0.25, 0.3) is 0 Å². The van der Waals surface area contributed by atoms with Crippen LogP contribution in [0.2, 0.25) is 0 Å². The van der Waals surface area contributed by atoms with E-state index >= 15 is 0 Å². The molecule has 1 aliphatic carbocycles. The lowest BCUT2D eigenvalue weighted by Gasteiger charge is -2.22. The molecule has 2 aromatic rings. The molecule has 5 rings (SSSR count). The van der Waals surface area contributed by atoms with E-state index in [1.165, 1.54) is 4.90 Å². The van der Waals surface area contributed by atoms with Crippen LogP contribution in [0.3, 0.4) is 0 Å². The Morgan fingerprint density at radius 1 is 0.943 bits per heavy atom. The fourth-order valence-corrected chi connectivity index (χ4v) is 5.49. The van der Waals surface area contributed by atoms with Crippen molar-refractivity contribution in [3.8, 4) is 5.75 Å². The van der Waals surface area contributed by atoms with Gasteiger partial charge in [-0.15, -0.1) is 0 Å². The van der Waals surface area contributed by atoms with Crippen LogP contribution in [0, 0.1) is 37.5 Å². The molecule has 0 spiro atoms. The van der Waals surface area contributed by atoms with Gasteiger partial charge in [-0.05, 0) is 73.7 Å². The van der Waals surface area contributed by atoms with Crippen molar-refractivity contribution >= 4 is 35.1 Å². The first kappa shape index (κ1) is 23.0. The highest BCUT2D eigenvalue weighted by molar-refractivity contribution is 6.22. The molecular formula is C28H28N2O5. The molecule has 7 heteroatoms. The molecule has 2 aromatic carbocycles. The molecule has 0 bridgehead atoms. The Kier molecular flexibility index (Phi) is 5.79. The van der Waals surface area contributed by atoms with Crippen molar-refractivity contribution in [3.05, 3.63) is 65.7 Å². The summed E-state index contributed by atoms with van der Waals surface area (Å²) in [5.41, 5.74) is 3.37. The van der Waals surface area contributed by atoms with Crippen molar-refractivity contribution in [3.63, 3.8) is 0 Å². The molecule has 35 heavy (non-hydrogen) atoms.